The number of likely N-dealkylation sites (N-methyl/N-ethyl adjacent to an activating group) is 1. The van der Waals surface area contributed by atoms with Crippen molar-refractivity contribution in [3.8, 4) is 0 Å². The molecule has 0 fully saturated rings. The molecule has 1 unspecified atom stereocenters. The maximum atomic E-state index is 13.6. The average molecular weight is 223 g/mol. The molecular weight excluding hydrogens is 209 g/mol. The third kappa shape index (κ3) is 2.07. The molecule has 0 spiro atoms. The van der Waals surface area contributed by atoms with E-state index in [9.17, 15) is 9.18 Å². The summed E-state index contributed by atoms with van der Waals surface area (Å²) in [5, 5.41) is 8.83. The summed E-state index contributed by atoms with van der Waals surface area (Å²) in [5.74, 6) is -1.18. The molecule has 3 nitrogen and oxygen atoms in total. The number of nitrogens with zero attached hydrogens (tertiary/aromatic N) is 1. The molecule has 4 heteroatoms. The van der Waals surface area contributed by atoms with E-state index in [1.54, 1.807) is 6.07 Å². The summed E-state index contributed by atoms with van der Waals surface area (Å²) in [6.07, 6.45) is 0.0563. The molecular formula is C12H14FNO2. The van der Waals surface area contributed by atoms with Crippen LogP contribution in [0.2, 0.25) is 0 Å². The monoisotopic (exact) mass is 223 g/mol. The van der Waals surface area contributed by atoms with Crippen molar-refractivity contribution >= 4 is 5.97 Å². The normalized spacial score (nSPS) is 20.5. The van der Waals surface area contributed by atoms with Gasteiger partial charge < -0.3 is 10.0 Å². The summed E-state index contributed by atoms with van der Waals surface area (Å²) >= 11 is 0. The van der Waals surface area contributed by atoms with Crippen LogP contribution in [0.3, 0.4) is 0 Å². The van der Waals surface area contributed by atoms with Gasteiger partial charge in [-0.15, -0.1) is 0 Å². The molecule has 0 aromatic heterocycles. The standard InChI is InChI=1S/C12H14FNO2/c1-14-6-8(5-12(15)16)9-3-2-4-11(13)10(9)7-14/h2-4,8H,5-7H2,1H3,(H,15,16). The largest absolute Gasteiger partial charge is 0.481 e. The molecule has 1 atom stereocenters. The smallest absolute Gasteiger partial charge is 0.304 e. The van der Waals surface area contributed by atoms with Crippen molar-refractivity contribution in [3.05, 3.63) is 35.1 Å². The van der Waals surface area contributed by atoms with Gasteiger partial charge in [-0.25, -0.2) is 4.39 Å². The summed E-state index contributed by atoms with van der Waals surface area (Å²) in [4.78, 5) is 12.7. The number of hydrogen-bond acceptors (Lipinski definition) is 2. The van der Waals surface area contributed by atoms with Gasteiger partial charge >= 0.3 is 5.97 Å². The zero-order valence-electron chi connectivity index (χ0n) is 9.11. The second kappa shape index (κ2) is 4.22. The topological polar surface area (TPSA) is 40.5 Å². The van der Waals surface area contributed by atoms with Crippen molar-refractivity contribution in [1.29, 1.82) is 0 Å². The predicted molar refractivity (Wildman–Crippen MR) is 57.7 cm³/mol. The Balaban J connectivity index is 2.38. The lowest BCUT2D eigenvalue weighted by molar-refractivity contribution is -0.137. The van der Waals surface area contributed by atoms with Crippen LogP contribution in [0.15, 0.2) is 18.2 Å². The molecule has 1 aromatic rings. The summed E-state index contributed by atoms with van der Waals surface area (Å²) in [5.41, 5.74) is 1.49. The maximum absolute atomic E-state index is 13.6. The summed E-state index contributed by atoms with van der Waals surface area (Å²) in [6.45, 7) is 1.22. The first-order valence-electron chi connectivity index (χ1n) is 5.25. The minimum atomic E-state index is -0.837. The van der Waals surface area contributed by atoms with E-state index in [2.05, 4.69) is 0 Å². The number of carbonyl (C=O) groups is 1. The van der Waals surface area contributed by atoms with Crippen LogP contribution in [0, 0.1) is 5.82 Å². The molecule has 0 radical (unpaired) electrons. The van der Waals surface area contributed by atoms with Gasteiger partial charge in [0, 0.05) is 24.6 Å². The Morgan fingerprint density at radius 1 is 1.62 bits per heavy atom. The van der Waals surface area contributed by atoms with E-state index in [1.807, 2.05) is 18.0 Å². The number of aliphatic carboxylic acids is 1. The van der Waals surface area contributed by atoms with Crippen LogP contribution >= 0.6 is 0 Å². The fraction of sp³-hybridized carbons (Fsp3) is 0.417. The molecule has 1 N–H and O–H groups in total. The van der Waals surface area contributed by atoms with Crippen LogP contribution in [0.25, 0.3) is 0 Å². The van der Waals surface area contributed by atoms with Gasteiger partial charge in [-0.3, -0.25) is 4.79 Å². The third-order valence-electron chi connectivity index (χ3n) is 2.98. The Morgan fingerprint density at radius 2 is 2.38 bits per heavy atom. The second-order valence-electron chi connectivity index (χ2n) is 4.30. The highest BCUT2D eigenvalue weighted by Gasteiger charge is 2.26. The molecule has 0 amide bonds. The second-order valence-corrected chi connectivity index (χ2v) is 4.30. The van der Waals surface area contributed by atoms with Crippen LogP contribution in [-0.4, -0.2) is 29.6 Å². The first-order chi connectivity index (χ1) is 7.58. The first-order valence-corrected chi connectivity index (χ1v) is 5.25. The highest BCUT2D eigenvalue weighted by molar-refractivity contribution is 5.68. The molecule has 1 heterocycles. The number of carboxylic acid groups (broad SMARTS) is 1. The zero-order chi connectivity index (χ0) is 11.7. The number of hydrogen-bond donors (Lipinski definition) is 1. The van der Waals surface area contributed by atoms with E-state index in [0.29, 0.717) is 18.7 Å². The van der Waals surface area contributed by atoms with E-state index in [1.165, 1.54) is 6.07 Å². The Bertz CT molecular complexity index is 419. The molecule has 86 valence electrons. The number of fused-ring (bicyclic) bond motifs is 1. The minimum Gasteiger partial charge on any atom is -0.481 e. The van der Waals surface area contributed by atoms with Crippen LogP contribution < -0.4 is 0 Å². The molecule has 1 aromatic carbocycles. The molecule has 0 saturated carbocycles. The van der Waals surface area contributed by atoms with Crippen molar-refractivity contribution in [3.63, 3.8) is 0 Å². The Kier molecular flexibility index (Phi) is 2.92. The highest BCUT2D eigenvalue weighted by Crippen LogP contribution is 2.31. The zero-order valence-corrected chi connectivity index (χ0v) is 9.11. The SMILES string of the molecule is CN1Cc2c(F)cccc2C(CC(=O)O)C1. The molecule has 0 aliphatic carbocycles. The lowest BCUT2D eigenvalue weighted by Crippen LogP contribution is -2.32. The quantitative estimate of drug-likeness (QED) is 0.831. The van der Waals surface area contributed by atoms with Crippen molar-refractivity contribution in [2.24, 2.45) is 0 Å². The lowest BCUT2D eigenvalue weighted by Gasteiger charge is -2.31. The molecule has 2 rings (SSSR count). The average Bonchev–Trinajstić information content (AvgIpc) is 2.18. The first kappa shape index (κ1) is 11.1. The lowest BCUT2D eigenvalue weighted by atomic mass is 9.87. The highest BCUT2D eigenvalue weighted by atomic mass is 19.1. The molecule has 1 aliphatic heterocycles. The Labute approximate surface area is 93.5 Å². The molecule has 0 saturated heterocycles. The number of carboxylic acids is 1. The summed E-state index contributed by atoms with van der Waals surface area (Å²) in [7, 11) is 1.88. The van der Waals surface area contributed by atoms with Crippen LogP contribution in [0.5, 0.6) is 0 Å². The van der Waals surface area contributed by atoms with Crippen molar-refractivity contribution in [2.75, 3.05) is 13.6 Å². The van der Waals surface area contributed by atoms with Gasteiger partial charge in [-0.2, -0.15) is 0 Å². The molecule has 16 heavy (non-hydrogen) atoms. The Morgan fingerprint density at radius 3 is 3.06 bits per heavy atom. The van der Waals surface area contributed by atoms with Gasteiger partial charge in [0.05, 0.1) is 6.42 Å². The fourth-order valence-corrected chi connectivity index (χ4v) is 2.32. The maximum Gasteiger partial charge on any atom is 0.304 e. The van der Waals surface area contributed by atoms with Crippen molar-refractivity contribution in [2.45, 2.75) is 18.9 Å². The van der Waals surface area contributed by atoms with Crippen molar-refractivity contribution in [1.82, 2.24) is 4.90 Å². The van der Waals surface area contributed by atoms with Gasteiger partial charge in [0.1, 0.15) is 5.82 Å². The number of benzene rings is 1. The minimum absolute atomic E-state index is 0.0563. The fourth-order valence-electron chi connectivity index (χ4n) is 2.32. The van der Waals surface area contributed by atoms with Gasteiger partial charge in [-0.1, -0.05) is 12.1 Å². The van der Waals surface area contributed by atoms with Gasteiger partial charge in [0.15, 0.2) is 0 Å². The van der Waals surface area contributed by atoms with Crippen LogP contribution in [0.1, 0.15) is 23.5 Å². The summed E-state index contributed by atoms with van der Waals surface area (Å²) < 4.78 is 13.6. The van der Waals surface area contributed by atoms with Crippen LogP contribution in [-0.2, 0) is 11.3 Å². The van der Waals surface area contributed by atoms with Gasteiger partial charge in [0.2, 0.25) is 0 Å². The van der Waals surface area contributed by atoms with E-state index in [0.717, 1.165) is 5.56 Å². The van der Waals surface area contributed by atoms with Gasteiger partial charge in [0.25, 0.3) is 0 Å². The third-order valence-corrected chi connectivity index (χ3v) is 2.98. The molecule has 0 bridgehead atoms. The number of rotatable bonds is 2. The van der Waals surface area contributed by atoms with Crippen molar-refractivity contribution < 1.29 is 14.3 Å². The Hall–Kier alpha value is -1.42. The van der Waals surface area contributed by atoms with E-state index in [4.69, 9.17) is 5.11 Å². The van der Waals surface area contributed by atoms with E-state index >= 15 is 0 Å². The predicted octanol–water partition coefficient (Wildman–Crippen LogP) is 1.83. The van der Waals surface area contributed by atoms with Crippen LogP contribution in [0.4, 0.5) is 4.39 Å². The summed E-state index contributed by atoms with van der Waals surface area (Å²) in [6, 6.07) is 4.91. The van der Waals surface area contributed by atoms with E-state index in [-0.39, 0.29) is 18.2 Å². The van der Waals surface area contributed by atoms with E-state index < -0.39 is 5.97 Å². The van der Waals surface area contributed by atoms with Gasteiger partial charge in [-0.05, 0) is 18.7 Å². The number of halogens is 1. The molecule has 1 aliphatic rings.